The molecular weight excluding hydrogens is 270 g/mol. The zero-order valence-corrected chi connectivity index (χ0v) is 12.7. The van der Waals surface area contributed by atoms with Gasteiger partial charge in [-0.2, -0.15) is 0 Å². The summed E-state index contributed by atoms with van der Waals surface area (Å²) in [6.45, 7) is 2.68. The first-order valence-corrected chi connectivity index (χ1v) is 7.66. The van der Waals surface area contributed by atoms with Crippen molar-refractivity contribution < 1.29 is 9.47 Å². The monoisotopic (exact) mass is 291 g/mol. The van der Waals surface area contributed by atoms with Crippen LogP contribution in [0.5, 0.6) is 5.75 Å². The second-order valence-corrected chi connectivity index (χ2v) is 5.69. The zero-order chi connectivity index (χ0) is 14.4. The molecule has 108 valence electrons. The van der Waals surface area contributed by atoms with Crippen LogP contribution in [0.25, 0.3) is 0 Å². The van der Waals surface area contributed by atoms with Crippen molar-refractivity contribution in [3.05, 3.63) is 52.2 Å². The van der Waals surface area contributed by atoms with Gasteiger partial charge in [0.25, 0.3) is 0 Å². The number of rotatable bonds is 7. The molecule has 0 aliphatic heterocycles. The Morgan fingerprint density at radius 1 is 1.20 bits per heavy atom. The van der Waals surface area contributed by atoms with E-state index in [-0.39, 0.29) is 12.1 Å². The summed E-state index contributed by atoms with van der Waals surface area (Å²) in [4.78, 5) is 1.21. The maximum atomic E-state index is 6.21. The predicted octanol–water partition coefficient (Wildman–Crippen LogP) is 3.75. The van der Waals surface area contributed by atoms with Gasteiger partial charge in [0.05, 0.1) is 19.8 Å². The quantitative estimate of drug-likeness (QED) is 0.845. The van der Waals surface area contributed by atoms with Crippen LogP contribution in [-0.2, 0) is 11.3 Å². The molecule has 3 nitrogen and oxygen atoms in total. The highest BCUT2D eigenvalue weighted by Crippen LogP contribution is 2.26. The lowest BCUT2D eigenvalue weighted by Gasteiger charge is -2.24. The maximum absolute atomic E-state index is 6.21. The van der Waals surface area contributed by atoms with Gasteiger partial charge in [-0.1, -0.05) is 25.1 Å². The molecule has 0 spiro atoms. The molecule has 2 unspecified atom stereocenters. The van der Waals surface area contributed by atoms with Crippen LogP contribution in [0, 0.1) is 0 Å². The van der Waals surface area contributed by atoms with Gasteiger partial charge in [-0.25, -0.2) is 0 Å². The largest absolute Gasteiger partial charge is 0.497 e. The van der Waals surface area contributed by atoms with Crippen molar-refractivity contribution in [2.45, 2.75) is 32.1 Å². The highest BCUT2D eigenvalue weighted by atomic mass is 32.1. The van der Waals surface area contributed by atoms with Crippen LogP contribution in [0.2, 0.25) is 0 Å². The van der Waals surface area contributed by atoms with E-state index in [1.807, 2.05) is 30.3 Å². The number of hydrogen-bond acceptors (Lipinski definition) is 4. The third kappa shape index (κ3) is 3.82. The average molecular weight is 291 g/mol. The first-order chi connectivity index (χ1) is 9.74. The third-order valence-corrected chi connectivity index (χ3v) is 4.14. The lowest BCUT2D eigenvalue weighted by molar-refractivity contribution is 0.0227. The van der Waals surface area contributed by atoms with Crippen molar-refractivity contribution in [3.8, 4) is 5.75 Å². The van der Waals surface area contributed by atoms with E-state index in [0.29, 0.717) is 6.61 Å². The predicted molar refractivity (Wildman–Crippen MR) is 83.1 cm³/mol. The third-order valence-electron chi connectivity index (χ3n) is 3.29. The molecule has 1 heterocycles. The molecule has 0 saturated heterocycles. The molecule has 2 atom stereocenters. The molecule has 0 radical (unpaired) electrons. The molecule has 0 bridgehead atoms. The number of benzene rings is 1. The van der Waals surface area contributed by atoms with Gasteiger partial charge in [0.2, 0.25) is 0 Å². The van der Waals surface area contributed by atoms with Crippen molar-refractivity contribution in [1.82, 2.24) is 0 Å². The van der Waals surface area contributed by atoms with Gasteiger partial charge in [-0.15, -0.1) is 11.3 Å². The van der Waals surface area contributed by atoms with Crippen LogP contribution >= 0.6 is 11.3 Å². The summed E-state index contributed by atoms with van der Waals surface area (Å²) in [5.41, 5.74) is 7.30. The lowest BCUT2D eigenvalue weighted by Crippen LogP contribution is -2.29. The molecule has 2 aromatic rings. The lowest BCUT2D eigenvalue weighted by atomic mass is 10.0. The highest BCUT2D eigenvalue weighted by molar-refractivity contribution is 7.09. The minimum Gasteiger partial charge on any atom is -0.497 e. The van der Waals surface area contributed by atoms with Crippen LogP contribution in [0.15, 0.2) is 41.8 Å². The van der Waals surface area contributed by atoms with Gasteiger partial charge < -0.3 is 15.2 Å². The van der Waals surface area contributed by atoms with Gasteiger partial charge in [0, 0.05) is 10.9 Å². The molecular formula is C16H21NO2S. The number of methoxy groups -OCH3 is 1. The maximum Gasteiger partial charge on any atom is 0.118 e. The first-order valence-electron chi connectivity index (χ1n) is 6.78. The van der Waals surface area contributed by atoms with Gasteiger partial charge in [0.15, 0.2) is 0 Å². The molecule has 2 N–H and O–H groups in total. The molecule has 0 fully saturated rings. The molecule has 1 aromatic heterocycles. The summed E-state index contributed by atoms with van der Waals surface area (Å²) in [7, 11) is 1.66. The Morgan fingerprint density at radius 2 is 1.95 bits per heavy atom. The van der Waals surface area contributed by atoms with E-state index in [2.05, 4.69) is 18.4 Å². The average Bonchev–Trinajstić information content (AvgIpc) is 3.01. The van der Waals surface area contributed by atoms with Crippen LogP contribution in [0.1, 0.15) is 29.9 Å². The van der Waals surface area contributed by atoms with Crippen LogP contribution in [0.4, 0.5) is 0 Å². The van der Waals surface area contributed by atoms with Crippen LogP contribution in [0.3, 0.4) is 0 Å². The summed E-state index contributed by atoms with van der Waals surface area (Å²) >= 11 is 1.70. The standard InChI is InChI=1S/C16H21NO2S/c1-3-15(17)16(19-11-14-5-4-10-20-14)12-6-8-13(18-2)9-7-12/h4-10,15-16H,3,11,17H2,1-2H3. The summed E-state index contributed by atoms with van der Waals surface area (Å²) < 4.78 is 11.2. The van der Waals surface area contributed by atoms with E-state index >= 15 is 0 Å². The highest BCUT2D eigenvalue weighted by Gasteiger charge is 2.19. The number of hydrogen-bond donors (Lipinski definition) is 1. The van der Waals surface area contributed by atoms with E-state index in [1.54, 1.807) is 18.4 Å². The second kappa shape index (κ2) is 7.43. The molecule has 0 aliphatic rings. The summed E-state index contributed by atoms with van der Waals surface area (Å²) in [6.07, 6.45) is 0.786. The number of nitrogens with two attached hydrogens (primary N) is 1. The molecule has 0 saturated carbocycles. The van der Waals surface area contributed by atoms with Gasteiger partial charge in [-0.05, 0) is 35.6 Å². The summed E-state index contributed by atoms with van der Waals surface area (Å²) in [5, 5.41) is 2.06. The Morgan fingerprint density at radius 3 is 2.50 bits per heavy atom. The zero-order valence-electron chi connectivity index (χ0n) is 11.9. The Kier molecular flexibility index (Phi) is 5.59. The van der Waals surface area contributed by atoms with Gasteiger partial charge in [-0.3, -0.25) is 0 Å². The minimum absolute atomic E-state index is 0.0108. The van der Waals surface area contributed by atoms with Crippen LogP contribution < -0.4 is 10.5 Å². The van der Waals surface area contributed by atoms with Crippen molar-refractivity contribution >= 4 is 11.3 Å². The number of ether oxygens (including phenoxy) is 2. The fraction of sp³-hybridized carbons (Fsp3) is 0.375. The summed E-state index contributed by atoms with van der Waals surface area (Å²) in [6, 6.07) is 12.0. The van der Waals surface area contributed by atoms with Crippen LogP contribution in [-0.4, -0.2) is 13.2 Å². The van der Waals surface area contributed by atoms with E-state index in [4.69, 9.17) is 15.2 Å². The van der Waals surface area contributed by atoms with E-state index in [1.165, 1.54) is 4.88 Å². The Hall–Kier alpha value is -1.36. The molecule has 0 aliphatic carbocycles. The van der Waals surface area contributed by atoms with Crippen molar-refractivity contribution in [3.63, 3.8) is 0 Å². The van der Waals surface area contributed by atoms with E-state index in [0.717, 1.165) is 17.7 Å². The first kappa shape index (κ1) is 15.0. The summed E-state index contributed by atoms with van der Waals surface area (Å²) in [5.74, 6) is 0.843. The minimum atomic E-state index is -0.0898. The van der Waals surface area contributed by atoms with Crippen molar-refractivity contribution in [2.24, 2.45) is 5.73 Å². The fourth-order valence-electron chi connectivity index (χ4n) is 2.04. The number of thiophene rings is 1. The molecule has 4 heteroatoms. The van der Waals surface area contributed by atoms with Crippen molar-refractivity contribution in [2.75, 3.05) is 7.11 Å². The molecule has 20 heavy (non-hydrogen) atoms. The topological polar surface area (TPSA) is 44.5 Å². The second-order valence-electron chi connectivity index (χ2n) is 4.66. The molecule has 0 amide bonds. The van der Waals surface area contributed by atoms with E-state index < -0.39 is 0 Å². The molecule has 1 aromatic carbocycles. The molecule has 2 rings (SSSR count). The Labute approximate surface area is 124 Å². The normalized spacial score (nSPS) is 13.9. The smallest absolute Gasteiger partial charge is 0.118 e. The van der Waals surface area contributed by atoms with Gasteiger partial charge >= 0.3 is 0 Å². The van der Waals surface area contributed by atoms with Gasteiger partial charge in [0.1, 0.15) is 5.75 Å². The SMILES string of the molecule is CCC(N)C(OCc1cccs1)c1ccc(OC)cc1. The van der Waals surface area contributed by atoms with Crippen molar-refractivity contribution in [1.29, 1.82) is 0 Å². The fourth-order valence-corrected chi connectivity index (χ4v) is 2.67. The Bertz CT molecular complexity index is 496. The Balaban J connectivity index is 2.09. The van der Waals surface area contributed by atoms with E-state index in [9.17, 15) is 0 Å².